The highest BCUT2D eigenvalue weighted by molar-refractivity contribution is 6.06. The Morgan fingerprint density at radius 3 is 2.50 bits per heavy atom. The van der Waals surface area contributed by atoms with Gasteiger partial charge in [-0.05, 0) is 24.3 Å². The van der Waals surface area contributed by atoms with Gasteiger partial charge in [-0.2, -0.15) is 0 Å². The van der Waals surface area contributed by atoms with Crippen LogP contribution < -0.4 is 5.73 Å². The van der Waals surface area contributed by atoms with Crippen LogP contribution in [0.5, 0.6) is 0 Å². The second kappa shape index (κ2) is 6.11. The molecule has 4 heteroatoms. The van der Waals surface area contributed by atoms with Crippen LogP contribution in [-0.2, 0) is 10.3 Å². The molecule has 1 saturated carbocycles. The van der Waals surface area contributed by atoms with Gasteiger partial charge in [0.1, 0.15) is 0 Å². The molecule has 1 amide bonds. The predicted octanol–water partition coefficient (Wildman–Crippen LogP) is 3.03. The molecule has 2 N–H and O–H groups in total. The summed E-state index contributed by atoms with van der Waals surface area (Å²) in [4.78, 5) is 18.9. The molecule has 0 bridgehead atoms. The minimum absolute atomic E-state index is 0.00649. The van der Waals surface area contributed by atoms with Crippen LogP contribution in [0.3, 0.4) is 0 Å². The van der Waals surface area contributed by atoms with E-state index in [-0.39, 0.29) is 5.91 Å². The average Bonchev–Trinajstić information content (AvgIpc) is 2.80. The number of carbonyl (C=O) groups is 1. The van der Waals surface area contributed by atoms with Crippen LogP contribution >= 0.6 is 0 Å². The zero-order valence-corrected chi connectivity index (χ0v) is 13.3. The Hall–Kier alpha value is -1.84. The van der Waals surface area contributed by atoms with Crippen molar-refractivity contribution in [1.82, 2.24) is 4.90 Å². The van der Waals surface area contributed by atoms with Gasteiger partial charge < -0.3 is 5.73 Å². The lowest BCUT2D eigenvalue weighted by Gasteiger charge is -2.29. The summed E-state index contributed by atoms with van der Waals surface area (Å²) < 4.78 is 0. The van der Waals surface area contributed by atoms with Crippen LogP contribution in [0.15, 0.2) is 35.3 Å². The second-order valence-corrected chi connectivity index (χ2v) is 6.60. The Morgan fingerprint density at radius 1 is 1.23 bits per heavy atom. The Balaban J connectivity index is 1.86. The predicted molar refractivity (Wildman–Crippen MR) is 88.3 cm³/mol. The molecule has 1 heterocycles. The van der Waals surface area contributed by atoms with Gasteiger partial charge in [-0.15, -0.1) is 0 Å². The molecule has 3 rings (SSSR count). The van der Waals surface area contributed by atoms with Gasteiger partial charge in [0.2, 0.25) is 0 Å². The molecule has 2 aliphatic rings. The van der Waals surface area contributed by atoms with Gasteiger partial charge in [0.05, 0.1) is 0 Å². The SMILES string of the molecule is CN1C(=O)[C@@](CCC2CCCCC2)(c2ccccc2)N=C1N. The lowest BCUT2D eigenvalue weighted by Crippen LogP contribution is -2.40. The van der Waals surface area contributed by atoms with Gasteiger partial charge in [-0.1, -0.05) is 62.4 Å². The van der Waals surface area contributed by atoms with Crippen molar-refractivity contribution < 1.29 is 4.79 Å². The molecule has 118 valence electrons. The fourth-order valence-electron chi connectivity index (χ4n) is 3.80. The molecule has 0 saturated heterocycles. The molecule has 1 aliphatic carbocycles. The number of hydrogen-bond donors (Lipinski definition) is 1. The Kier molecular flexibility index (Phi) is 4.19. The maximum absolute atomic E-state index is 12.8. The number of guanidine groups is 1. The number of likely N-dealkylation sites (N-methyl/N-ethyl adjacent to an activating group) is 1. The lowest BCUT2D eigenvalue weighted by molar-refractivity contribution is -0.131. The lowest BCUT2D eigenvalue weighted by atomic mass is 9.79. The van der Waals surface area contributed by atoms with Crippen molar-refractivity contribution in [3.05, 3.63) is 35.9 Å². The molecule has 1 atom stereocenters. The van der Waals surface area contributed by atoms with Crippen LogP contribution in [-0.4, -0.2) is 23.8 Å². The second-order valence-electron chi connectivity index (χ2n) is 6.60. The van der Waals surface area contributed by atoms with Gasteiger partial charge in [0.15, 0.2) is 11.5 Å². The topological polar surface area (TPSA) is 58.7 Å². The Bertz CT molecular complexity index is 563. The molecular weight excluding hydrogens is 274 g/mol. The fraction of sp³-hybridized carbons (Fsp3) is 0.556. The third-order valence-corrected chi connectivity index (χ3v) is 5.20. The molecular formula is C18H25N3O. The maximum Gasteiger partial charge on any atom is 0.261 e. The van der Waals surface area contributed by atoms with Gasteiger partial charge in [0.25, 0.3) is 5.91 Å². The van der Waals surface area contributed by atoms with E-state index in [1.54, 1.807) is 7.05 Å². The van der Waals surface area contributed by atoms with E-state index in [9.17, 15) is 4.79 Å². The first-order chi connectivity index (χ1) is 10.6. The highest BCUT2D eigenvalue weighted by Gasteiger charge is 2.47. The normalized spacial score (nSPS) is 26.3. The van der Waals surface area contributed by atoms with E-state index in [0.29, 0.717) is 5.96 Å². The van der Waals surface area contributed by atoms with E-state index in [1.807, 2.05) is 30.3 Å². The van der Waals surface area contributed by atoms with Crippen LogP contribution in [0.1, 0.15) is 50.5 Å². The molecule has 1 fully saturated rings. The van der Waals surface area contributed by atoms with Crippen LogP contribution in [0.4, 0.5) is 0 Å². The molecule has 1 aromatic carbocycles. The molecule has 1 aliphatic heterocycles. The van der Waals surface area contributed by atoms with Crippen molar-refractivity contribution in [2.75, 3.05) is 7.05 Å². The van der Waals surface area contributed by atoms with E-state index in [4.69, 9.17) is 5.73 Å². The van der Waals surface area contributed by atoms with Gasteiger partial charge in [0, 0.05) is 7.05 Å². The average molecular weight is 299 g/mol. The number of nitrogens with two attached hydrogens (primary N) is 1. The standard InChI is InChI=1S/C18H25N3O/c1-21-16(22)18(20-17(21)19,15-10-6-3-7-11-15)13-12-14-8-4-2-5-9-14/h3,6-7,10-11,14H,2,4-5,8-9,12-13H2,1H3,(H2,19,20)/t18-/m1/s1. The van der Waals surface area contributed by atoms with Crippen LogP contribution in [0.25, 0.3) is 0 Å². The molecule has 4 nitrogen and oxygen atoms in total. The zero-order valence-electron chi connectivity index (χ0n) is 13.3. The summed E-state index contributed by atoms with van der Waals surface area (Å²) in [6.45, 7) is 0. The number of carbonyl (C=O) groups excluding carboxylic acids is 1. The van der Waals surface area contributed by atoms with Crippen LogP contribution in [0.2, 0.25) is 0 Å². The monoisotopic (exact) mass is 299 g/mol. The quantitative estimate of drug-likeness (QED) is 0.929. The smallest absolute Gasteiger partial charge is 0.261 e. The van der Waals surface area contributed by atoms with E-state index in [0.717, 1.165) is 24.3 Å². The summed E-state index contributed by atoms with van der Waals surface area (Å²) in [6.07, 6.45) is 8.37. The number of amides is 1. The molecule has 1 aromatic rings. The molecule has 0 aromatic heterocycles. The summed E-state index contributed by atoms with van der Waals surface area (Å²) in [6, 6.07) is 9.89. The van der Waals surface area contributed by atoms with Gasteiger partial charge >= 0.3 is 0 Å². The highest BCUT2D eigenvalue weighted by atomic mass is 16.2. The summed E-state index contributed by atoms with van der Waals surface area (Å²) in [5.74, 6) is 1.06. The van der Waals surface area contributed by atoms with Crippen molar-refractivity contribution in [3.63, 3.8) is 0 Å². The van der Waals surface area contributed by atoms with E-state index in [1.165, 1.54) is 37.0 Å². The summed E-state index contributed by atoms with van der Waals surface area (Å²) in [5.41, 5.74) is 6.10. The fourth-order valence-corrected chi connectivity index (χ4v) is 3.80. The van der Waals surface area contributed by atoms with Crippen molar-refractivity contribution in [2.45, 2.75) is 50.5 Å². The molecule has 22 heavy (non-hydrogen) atoms. The van der Waals surface area contributed by atoms with Crippen molar-refractivity contribution >= 4 is 11.9 Å². The number of benzene rings is 1. The molecule has 0 unspecified atom stereocenters. The number of hydrogen-bond acceptors (Lipinski definition) is 3. The third-order valence-electron chi connectivity index (χ3n) is 5.20. The van der Waals surface area contributed by atoms with Crippen molar-refractivity contribution in [3.8, 4) is 0 Å². The molecule has 0 radical (unpaired) electrons. The number of rotatable bonds is 4. The number of nitrogens with zero attached hydrogens (tertiary/aromatic N) is 2. The van der Waals surface area contributed by atoms with Gasteiger partial charge in [-0.3, -0.25) is 9.69 Å². The first-order valence-electron chi connectivity index (χ1n) is 8.32. The first kappa shape index (κ1) is 15.1. The van der Waals surface area contributed by atoms with E-state index >= 15 is 0 Å². The minimum Gasteiger partial charge on any atom is -0.369 e. The Labute approximate surface area is 132 Å². The summed E-state index contributed by atoms with van der Waals surface area (Å²) in [5, 5.41) is 0. The zero-order chi connectivity index (χ0) is 15.6. The van der Waals surface area contributed by atoms with Gasteiger partial charge in [-0.25, -0.2) is 4.99 Å². The third kappa shape index (κ3) is 2.62. The first-order valence-corrected chi connectivity index (χ1v) is 8.32. The van der Waals surface area contributed by atoms with E-state index in [2.05, 4.69) is 4.99 Å². The molecule has 0 spiro atoms. The summed E-state index contributed by atoms with van der Waals surface area (Å²) >= 11 is 0. The largest absolute Gasteiger partial charge is 0.369 e. The highest BCUT2D eigenvalue weighted by Crippen LogP contribution is 2.39. The summed E-state index contributed by atoms with van der Waals surface area (Å²) in [7, 11) is 1.71. The van der Waals surface area contributed by atoms with Crippen molar-refractivity contribution in [2.24, 2.45) is 16.6 Å². The van der Waals surface area contributed by atoms with E-state index < -0.39 is 5.54 Å². The van der Waals surface area contributed by atoms with Crippen molar-refractivity contribution in [1.29, 1.82) is 0 Å². The minimum atomic E-state index is -0.808. The maximum atomic E-state index is 12.8. The number of aliphatic imine (C=N–C) groups is 1. The Morgan fingerprint density at radius 2 is 1.91 bits per heavy atom. The van der Waals surface area contributed by atoms with Crippen LogP contribution in [0, 0.1) is 5.92 Å².